The van der Waals surface area contributed by atoms with Crippen molar-refractivity contribution in [1.82, 2.24) is 9.97 Å². The molecular formula is C10H18N4O. The topological polar surface area (TPSA) is 87.0 Å². The second-order valence-electron chi connectivity index (χ2n) is 3.60. The average Bonchev–Trinajstić information content (AvgIpc) is 2.28. The van der Waals surface area contributed by atoms with Gasteiger partial charge in [-0.1, -0.05) is 6.92 Å². The molecule has 1 unspecified atom stereocenters. The van der Waals surface area contributed by atoms with Crippen molar-refractivity contribution in [3.63, 3.8) is 0 Å². The first-order valence-corrected chi connectivity index (χ1v) is 4.94. The molecule has 0 amide bonds. The summed E-state index contributed by atoms with van der Waals surface area (Å²) >= 11 is 0. The number of methoxy groups -OCH3 is 1. The van der Waals surface area contributed by atoms with Gasteiger partial charge in [0.1, 0.15) is 11.4 Å². The zero-order valence-electron chi connectivity index (χ0n) is 9.45. The third kappa shape index (κ3) is 2.24. The maximum Gasteiger partial charge on any atom is 0.162 e. The van der Waals surface area contributed by atoms with Crippen molar-refractivity contribution in [1.29, 1.82) is 0 Å². The summed E-state index contributed by atoms with van der Waals surface area (Å²) in [6.07, 6.45) is 2.44. The molecule has 5 heteroatoms. The summed E-state index contributed by atoms with van der Waals surface area (Å²) in [7, 11) is 1.64. The number of ether oxygens (including phenoxy) is 1. The Morgan fingerprint density at radius 2 is 2.20 bits per heavy atom. The van der Waals surface area contributed by atoms with Crippen LogP contribution >= 0.6 is 0 Å². The number of hydrogen-bond donors (Lipinski definition) is 2. The number of nitrogen functional groups attached to an aromatic ring is 1. The Labute approximate surface area is 89.9 Å². The van der Waals surface area contributed by atoms with Crippen molar-refractivity contribution in [2.75, 3.05) is 12.8 Å². The highest BCUT2D eigenvalue weighted by molar-refractivity contribution is 5.37. The molecule has 0 bridgehead atoms. The molecule has 1 aromatic heterocycles. The maximum absolute atomic E-state index is 5.75. The van der Waals surface area contributed by atoms with E-state index < -0.39 is 5.60 Å². The second kappa shape index (κ2) is 4.55. The van der Waals surface area contributed by atoms with Crippen molar-refractivity contribution in [3.05, 3.63) is 17.6 Å². The van der Waals surface area contributed by atoms with E-state index in [4.69, 9.17) is 16.2 Å². The molecule has 0 aliphatic heterocycles. The molecule has 0 spiro atoms. The Balaban J connectivity index is 3.11. The van der Waals surface area contributed by atoms with Crippen molar-refractivity contribution >= 4 is 5.82 Å². The third-order valence-electron chi connectivity index (χ3n) is 2.72. The number of anilines is 1. The van der Waals surface area contributed by atoms with Gasteiger partial charge in [-0.3, -0.25) is 0 Å². The molecule has 4 N–H and O–H groups in total. The lowest BCUT2D eigenvalue weighted by Crippen LogP contribution is -2.27. The minimum absolute atomic E-state index is 0.349. The number of rotatable bonds is 4. The zero-order chi connectivity index (χ0) is 11.5. The molecular weight excluding hydrogens is 192 g/mol. The first-order valence-electron chi connectivity index (χ1n) is 4.94. The van der Waals surface area contributed by atoms with E-state index in [2.05, 4.69) is 9.97 Å². The van der Waals surface area contributed by atoms with Crippen LogP contribution in [0.1, 0.15) is 31.7 Å². The zero-order valence-corrected chi connectivity index (χ0v) is 9.45. The molecule has 0 radical (unpaired) electrons. The average molecular weight is 210 g/mol. The van der Waals surface area contributed by atoms with Crippen molar-refractivity contribution < 1.29 is 4.74 Å². The van der Waals surface area contributed by atoms with Crippen LogP contribution in [0.15, 0.2) is 6.20 Å². The highest BCUT2D eigenvalue weighted by atomic mass is 16.5. The predicted molar refractivity (Wildman–Crippen MR) is 59.0 cm³/mol. The van der Waals surface area contributed by atoms with E-state index in [-0.39, 0.29) is 0 Å². The van der Waals surface area contributed by atoms with E-state index in [1.165, 1.54) is 0 Å². The van der Waals surface area contributed by atoms with E-state index in [0.29, 0.717) is 18.2 Å². The van der Waals surface area contributed by atoms with Gasteiger partial charge < -0.3 is 16.2 Å². The Bertz CT molecular complexity index is 336. The maximum atomic E-state index is 5.75. The SMILES string of the molecule is CCC(C)(OC)c1ncc(CN)c(N)n1. The van der Waals surface area contributed by atoms with E-state index in [0.717, 1.165) is 12.0 Å². The number of hydrogen-bond acceptors (Lipinski definition) is 5. The van der Waals surface area contributed by atoms with Gasteiger partial charge in [-0.2, -0.15) is 0 Å². The van der Waals surface area contributed by atoms with Gasteiger partial charge in [0.05, 0.1) is 0 Å². The minimum Gasteiger partial charge on any atom is -0.383 e. The summed E-state index contributed by atoms with van der Waals surface area (Å²) in [6.45, 7) is 4.30. The quantitative estimate of drug-likeness (QED) is 0.767. The second-order valence-corrected chi connectivity index (χ2v) is 3.60. The van der Waals surface area contributed by atoms with E-state index in [1.54, 1.807) is 13.3 Å². The van der Waals surface area contributed by atoms with E-state index >= 15 is 0 Å². The summed E-state index contributed by atoms with van der Waals surface area (Å²) in [5.74, 6) is 1.03. The predicted octanol–water partition coefficient (Wildman–Crippen LogP) is 0.789. The van der Waals surface area contributed by atoms with Crippen LogP contribution in [0.4, 0.5) is 5.82 Å². The van der Waals surface area contributed by atoms with Gasteiger partial charge >= 0.3 is 0 Å². The summed E-state index contributed by atoms with van der Waals surface area (Å²) in [5, 5.41) is 0. The highest BCUT2D eigenvalue weighted by Gasteiger charge is 2.27. The highest BCUT2D eigenvalue weighted by Crippen LogP contribution is 2.25. The Morgan fingerprint density at radius 3 is 2.60 bits per heavy atom. The van der Waals surface area contributed by atoms with Gasteiger partial charge in [0.2, 0.25) is 0 Å². The smallest absolute Gasteiger partial charge is 0.162 e. The monoisotopic (exact) mass is 210 g/mol. The van der Waals surface area contributed by atoms with Crippen LogP contribution in [-0.2, 0) is 16.9 Å². The molecule has 15 heavy (non-hydrogen) atoms. The molecule has 5 nitrogen and oxygen atoms in total. The van der Waals surface area contributed by atoms with Crippen LogP contribution in [0.2, 0.25) is 0 Å². The molecule has 1 heterocycles. The van der Waals surface area contributed by atoms with Crippen molar-refractivity contribution in [2.45, 2.75) is 32.4 Å². The van der Waals surface area contributed by atoms with Gasteiger partial charge in [-0.05, 0) is 13.3 Å². The fourth-order valence-electron chi connectivity index (χ4n) is 1.23. The van der Waals surface area contributed by atoms with E-state index in [1.807, 2.05) is 13.8 Å². The van der Waals surface area contributed by atoms with Crippen LogP contribution in [0.5, 0.6) is 0 Å². The summed E-state index contributed by atoms with van der Waals surface area (Å²) in [4.78, 5) is 8.45. The molecule has 1 rings (SSSR count). The van der Waals surface area contributed by atoms with Crippen molar-refractivity contribution in [3.8, 4) is 0 Å². The van der Waals surface area contributed by atoms with Crippen LogP contribution in [0.3, 0.4) is 0 Å². The van der Waals surface area contributed by atoms with Crippen LogP contribution in [0.25, 0.3) is 0 Å². The first kappa shape index (κ1) is 11.9. The van der Waals surface area contributed by atoms with Crippen LogP contribution < -0.4 is 11.5 Å². The summed E-state index contributed by atoms with van der Waals surface area (Å²) in [6, 6.07) is 0. The Morgan fingerprint density at radius 1 is 1.53 bits per heavy atom. The van der Waals surface area contributed by atoms with Gasteiger partial charge in [0, 0.05) is 25.4 Å². The molecule has 0 fully saturated rings. The van der Waals surface area contributed by atoms with Gasteiger partial charge in [0.25, 0.3) is 0 Å². The largest absolute Gasteiger partial charge is 0.383 e. The Kier molecular flexibility index (Phi) is 3.60. The molecule has 0 saturated carbocycles. The third-order valence-corrected chi connectivity index (χ3v) is 2.72. The molecule has 0 aliphatic carbocycles. The molecule has 0 saturated heterocycles. The molecule has 0 aliphatic rings. The standard InChI is InChI=1S/C10H18N4O/c1-4-10(2,15-3)9-13-6-7(5-11)8(12)14-9/h6H,4-5,11H2,1-3H3,(H2,12,13,14). The molecule has 1 aromatic rings. The minimum atomic E-state index is -0.485. The van der Waals surface area contributed by atoms with Gasteiger partial charge in [-0.15, -0.1) is 0 Å². The first-order chi connectivity index (χ1) is 7.07. The lowest BCUT2D eigenvalue weighted by Gasteiger charge is -2.25. The number of nitrogens with two attached hydrogens (primary N) is 2. The normalized spacial score (nSPS) is 14.9. The lowest BCUT2D eigenvalue weighted by atomic mass is 10.0. The lowest BCUT2D eigenvalue weighted by molar-refractivity contribution is -0.00889. The molecule has 84 valence electrons. The molecule has 1 atom stereocenters. The van der Waals surface area contributed by atoms with Gasteiger partial charge in [-0.25, -0.2) is 9.97 Å². The summed E-state index contributed by atoms with van der Waals surface area (Å²) < 4.78 is 5.39. The Hall–Kier alpha value is -1.20. The van der Waals surface area contributed by atoms with Gasteiger partial charge in [0.15, 0.2) is 5.82 Å². The van der Waals surface area contributed by atoms with Crippen LogP contribution in [-0.4, -0.2) is 17.1 Å². The van der Waals surface area contributed by atoms with E-state index in [9.17, 15) is 0 Å². The fraction of sp³-hybridized carbons (Fsp3) is 0.600. The number of aromatic nitrogens is 2. The fourth-order valence-corrected chi connectivity index (χ4v) is 1.23. The number of nitrogens with zero attached hydrogens (tertiary/aromatic N) is 2. The van der Waals surface area contributed by atoms with Crippen molar-refractivity contribution in [2.24, 2.45) is 5.73 Å². The molecule has 0 aromatic carbocycles. The van der Waals surface area contributed by atoms with Crippen LogP contribution in [0, 0.1) is 0 Å². The summed E-state index contributed by atoms with van der Waals surface area (Å²) in [5.41, 5.74) is 11.5.